The number of hydrogen-bond acceptors (Lipinski definition) is 3. The normalized spacial score (nSPS) is 29.5. The molecule has 1 aliphatic heterocycles. The highest BCUT2D eigenvalue weighted by molar-refractivity contribution is 5.08. The maximum Gasteiger partial charge on any atom is 0.0757 e. The number of nitrogens with zero attached hydrogens (tertiary/aromatic N) is 1. The van der Waals surface area contributed by atoms with Gasteiger partial charge in [0, 0.05) is 31.6 Å². The minimum atomic E-state index is 0.469. The van der Waals surface area contributed by atoms with Crippen molar-refractivity contribution in [2.24, 2.45) is 5.92 Å². The molecule has 0 amide bonds. The molecular formula is C13H18N2O. The van der Waals surface area contributed by atoms with E-state index in [4.69, 9.17) is 4.74 Å². The molecule has 3 heteroatoms. The van der Waals surface area contributed by atoms with E-state index >= 15 is 0 Å². The van der Waals surface area contributed by atoms with Gasteiger partial charge >= 0.3 is 0 Å². The summed E-state index contributed by atoms with van der Waals surface area (Å²) in [4.78, 5) is 4.13. The van der Waals surface area contributed by atoms with Gasteiger partial charge in [0.05, 0.1) is 6.10 Å². The third-order valence-electron chi connectivity index (χ3n) is 3.51. The van der Waals surface area contributed by atoms with Gasteiger partial charge in [0.25, 0.3) is 0 Å². The number of hydrogen-bond donors (Lipinski definition) is 1. The molecule has 2 unspecified atom stereocenters. The second-order valence-electron chi connectivity index (χ2n) is 4.81. The van der Waals surface area contributed by atoms with Crippen LogP contribution in [0.2, 0.25) is 0 Å². The van der Waals surface area contributed by atoms with Gasteiger partial charge in [-0.25, -0.2) is 0 Å². The molecule has 0 aromatic carbocycles. The van der Waals surface area contributed by atoms with E-state index < -0.39 is 0 Å². The first-order valence-electron chi connectivity index (χ1n) is 6.17. The van der Waals surface area contributed by atoms with Crippen molar-refractivity contribution in [3.63, 3.8) is 0 Å². The van der Waals surface area contributed by atoms with Crippen molar-refractivity contribution in [2.45, 2.75) is 38.0 Å². The van der Waals surface area contributed by atoms with Crippen molar-refractivity contribution < 1.29 is 4.74 Å². The van der Waals surface area contributed by atoms with E-state index in [1.54, 1.807) is 0 Å². The fourth-order valence-corrected chi connectivity index (χ4v) is 2.47. The Morgan fingerprint density at radius 2 is 2.31 bits per heavy atom. The topological polar surface area (TPSA) is 34.2 Å². The van der Waals surface area contributed by atoms with Gasteiger partial charge in [-0.05, 0) is 36.8 Å². The summed E-state index contributed by atoms with van der Waals surface area (Å²) in [7, 11) is 0. The van der Waals surface area contributed by atoms with Crippen molar-refractivity contribution in [1.29, 1.82) is 0 Å². The van der Waals surface area contributed by atoms with Crippen molar-refractivity contribution in [3.8, 4) is 0 Å². The summed E-state index contributed by atoms with van der Waals surface area (Å²) in [5.74, 6) is 0.828. The van der Waals surface area contributed by atoms with Crippen LogP contribution < -0.4 is 5.32 Å². The number of rotatable bonds is 4. The van der Waals surface area contributed by atoms with E-state index in [-0.39, 0.29) is 0 Å². The Hall–Kier alpha value is -0.930. The Balaban J connectivity index is 1.54. The molecule has 2 aliphatic rings. The van der Waals surface area contributed by atoms with Gasteiger partial charge in [0.1, 0.15) is 0 Å². The Morgan fingerprint density at radius 1 is 1.38 bits per heavy atom. The third kappa shape index (κ3) is 2.25. The molecule has 3 rings (SSSR count). The van der Waals surface area contributed by atoms with E-state index in [0.29, 0.717) is 12.1 Å². The average molecular weight is 218 g/mol. The smallest absolute Gasteiger partial charge is 0.0757 e. The summed E-state index contributed by atoms with van der Waals surface area (Å²) in [5.41, 5.74) is 1.25. The van der Waals surface area contributed by atoms with Crippen LogP contribution in [0.25, 0.3) is 0 Å². The van der Waals surface area contributed by atoms with Gasteiger partial charge in [0.2, 0.25) is 0 Å². The predicted molar refractivity (Wildman–Crippen MR) is 61.9 cm³/mol. The Kier molecular flexibility index (Phi) is 2.89. The lowest BCUT2D eigenvalue weighted by Crippen LogP contribution is -2.37. The largest absolute Gasteiger partial charge is 0.376 e. The van der Waals surface area contributed by atoms with Crippen molar-refractivity contribution in [1.82, 2.24) is 10.3 Å². The molecule has 1 aromatic rings. The summed E-state index contributed by atoms with van der Waals surface area (Å²) in [6.45, 7) is 1.83. The van der Waals surface area contributed by atoms with Gasteiger partial charge in [-0.3, -0.25) is 4.98 Å². The molecule has 86 valence electrons. The molecule has 0 bridgehead atoms. The highest BCUT2D eigenvalue weighted by Crippen LogP contribution is 2.38. The minimum Gasteiger partial charge on any atom is -0.376 e. The van der Waals surface area contributed by atoms with Crippen LogP contribution in [0.3, 0.4) is 0 Å². The van der Waals surface area contributed by atoms with Crippen LogP contribution in [0.1, 0.15) is 24.8 Å². The number of aromatic nitrogens is 1. The van der Waals surface area contributed by atoms with Crippen LogP contribution in [0.15, 0.2) is 24.5 Å². The minimum absolute atomic E-state index is 0.469. The highest BCUT2D eigenvalue weighted by Gasteiger charge is 2.40. The van der Waals surface area contributed by atoms with Crippen LogP contribution in [-0.2, 0) is 11.3 Å². The van der Waals surface area contributed by atoms with E-state index in [0.717, 1.165) is 25.5 Å². The Bertz CT molecular complexity index is 337. The molecule has 1 N–H and O–H groups in total. The van der Waals surface area contributed by atoms with Gasteiger partial charge in [0.15, 0.2) is 0 Å². The standard InChI is InChI=1S/C13H18N2O/c1-2-10(8-14-6-1)9-15-12-5-7-16-13(12)11-3-4-11/h1-2,6,8,11-13,15H,3-5,7,9H2. The summed E-state index contributed by atoms with van der Waals surface area (Å²) in [6.07, 6.45) is 8.08. The molecule has 1 aliphatic carbocycles. The van der Waals surface area contributed by atoms with Crippen LogP contribution in [0, 0.1) is 5.92 Å². The van der Waals surface area contributed by atoms with Crippen LogP contribution in [0.5, 0.6) is 0 Å². The van der Waals surface area contributed by atoms with Gasteiger partial charge in [-0.2, -0.15) is 0 Å². The number of nitrogens with one attached hydrogen (secondary N) is 1. The fraction of sp³-hybridized carbons (Fsp3) is 0.615. The molecule has 3 nitrogen and oxygen atoms in total. The molecule has 1 saturated heterocycles. The second-order valence-corrected chi connectivity index (χ2v) is 4.81. The van der Waals surface area contributed by atoms with Crippen molar-refractivity contribution in [3.05, 3.63) is 30.1 Å². The van der Waals surface area contributed by atoms with Crippen LogP contribution in [-0.4, -0.2) is 23.7 Å². The third-order valence-corrected chi connectivity index (χ3v) is 3.51. The summed E-state index contributed by atoms with van der Waals surface area (Å²) < 4.78 is 5.80. The average Bonchev–Trinajstić information content (AvgIpc) is 3.07. The highest BCUT2D eigenvalue weighted by atomic mass is 16.5. The number of ether oxygens (including phenoxy) is 1. The fourth-order valence-electron chi connectivity index (χ4n) is 2.47. The molecular weight excluding hydrogens is 200 g/mol. The van der Waals surface area contributed by atoms with Crippen molar-refractivity contribution >= 4 is 0 Å². The Morgan fingerprint density at radius 3 is 3.06 bits per heavy atom. The Labute approximate surface area is 96.2 Å². The van der Waals surface area contributed by atoms with E-state index in [2.05, 4.69) is 16.4 Å². The number of pyridine rings is 1. The maximum absolute atomic E-state index is 5.80. The quantitative estimate of drug-likeness (QED) is 0.836. The zero-order chi connectivity index (χ0) is 10.8. The molecule has 16 heavy (non-hydrogen) atoms. The monoisotopic (exact) mass is 218 g/mol. The molecule has 0 spiro atoms. The van der Waals surface area contributed by atoms with Gasteiger partial charge < -0.3 is 10.1 Å². The summed E-state index contributed by atoms with van der Waals surface area (Å²) in [6, 6.07) is 4.65. The SMILES string of the molecule is c1cncc(CNC2CCOC2C2CC2)c1. The molecule has 2 atom stereocenters. The first kappa shape index (κ1) is 10.2. The first-order valence-corrected chi connectivity index (χ1v) is 6.17. The van der Waals surface area contributed by atoms with E-state index in [1.165, 1.54) is 18.4 Å². The first-order chi connectivity index (χ1) is 7.93. The zero-order valence-electron chi connectivity index (χ0n) is 9.43. The van der Waals surface area contributed by atoms with Gasteiger partial charge in [-0.15, -0.1) is 0 Å². The van der Waals surface area contributed by atoms with E-state index in [9.17, 15) is 0 Å². The molecule has 0 radical (unpaired) electrons. The molecule has 2 fully saturated rings. The molecule has 1 aromatic heterocycles. The van der Waals surface area contributed by atoms with Crippen LogP contribution >= 0.6 is 0 Å². The zero-order valence-corrected chi connectivity index (χ0v) is 9.43. The van der Waals surface area contributed by atoms with Crippen LogP contribution in [0.4, 0.5) is 0 Å². The lowest BCUT2D eigenvalue weighted by atomic mass is 10.1. The second kappa shape index (κ2) is 4.52. The van der Waals surface area contributed by atoms with Crippen molar-refractivity contribution in [2.75, 3.05) is 6.61 Å². The van der Waals surface area contributed by atoms with Gasteiger partial charge in [-0.1, -0.05) is 6.07 Å². The maximum atomic E-state index is 5.80. The molecule has 2 heterocycles. The lowest BCUT2D eigenvalue weighted by molar-refractivity contribution is 0.0809. The van der Waals surface area contributed by atoms with E-state index in [1.807, 2.05) is 18.5 Å². The molecule has 1 saturated carbocycles. The predicted octanol–water partition coefficient (Wildman–Crippen LogP) is 1.74. The summed E-state index contributed by atoms with van der Waals surface area (Å²) >= 11 is 0. The summed E-state index contributed by atoms with van der Waals surface area (Å²) in [5, 5.41) is 3.60. The lowest BCUT2D eigenvalue weighted by Gasteiger charge is -2.19.